The number of likely N-dealkylation sites (tertiary alicyclic amines) is 1. The zero-order valence-electron chi connectivity index (χ0n) is 6.12. The molecule has 0 unspecified atom stereocenters. The van der Waals surface area contributed by atoms with Gasteiger partial charge in [0.1, 0.15) is 6.29 Å². The molecule has 0 saturated carbocycles. The normalized spacial score (nSPS) is 24.3. The summed E-state index contributed by atoms with van der Waals surface area (Å²) in [4.78, 5) is 22.3. The maximum absolute atomic E-state index is 12.0. The summed E-state index contributed by atoms with van der Waals surface area (Å²) in [6.45, 7) is 0.0322. The Morgan fingerprint density at radius 3 is 2.91 bits per heavy atom. The van der Waals surface area contributed by atoms with Crippen LogP contribution in [0, 0.1) is 5.92 Å². The standard InChI is InChI=1S/C7H10FNO2/c8-4-6-3-7(11)9(5-6)1-2-10/h2,6H,1,3-5H2/t6-/m1/s1. The molecule has 1 aliphatic rings. The molecule has 0 N–H and O–H groups in total. The lowest BCUT2D eigenvalue weighted by molar-refractivity contribution is -0.129. The van der Waals surface area contributed by atoms with Gasteiger partial charge in [-0.05, 0) is 0 Å². The Kier molecular flexibility index (Phi) is 2.57. The molecule has 0 aromatic heterocycles. The van der Waals surface area contributed by atoms with Crippen LogP contribution < -0.4 is 0 Å². The number of hydrogen-bond donors (Lipinski definition) is 0. The number of amides is 1. The van der Waals surface area contributed by atoms with Gasteiger partial charge in [0.15, 0.2) is 0 Å². The third-order valence-electron chi connectivity index (χ3n) is 1.81. The van der Waals surface area contributed by atoms with Crippen molar-refractivity contribution in [3.05, 3.63) is 0 Å². The number of carbonyl (C=O) groups is 2. The molecule has 11 heavy (non-hydrogen) atoms. The van der Waals surface area contributed by atoms with Crippen molar-refractivity contribution < 1.29 is 14.0 Å². The van der Waals surface area contributed by atoms with Gasteiger partial charge in [-0.3, -0.25) is 9.18 Å². The summed E-state index contributed by atoms with van der Waals surface area (Å²) in [5, 5.41) is 0. The highest BCUT2D eigenvalue weighted by molar-refractivity contribution is 5.80. The van der Waals surface area contributed by atoms with E-state index in [9.17, 15) is 14.0 Å². The molecule has 0 spiro atoms. The van der Waals surface area contributed by atoms with Crippen molar-refractivity contribution in [2.45, 2.75) is 6.42 Å². The van der Waals surface area contributed by atoms with Crippen LogP contribution in [-0.4, -0.2) is 36.9 Å². The van der Waals surface area contributed by atoms with E-state index in [1.54, 1.807) is 0 Å². The lowest BCUT2D eigenvalue weighted by Gasteiger charge is -2.10. The predicted octanol–water partition coefficient (Wildman–Crippen LogP) is 0.00330. The second-order valence-corrected chi connectivity index (χ2v) is 2.69. The van der Waals surface area contributed by atoms with Crippen LogP contribution in [0.5, 0.6) is 0 Å². The van der Waals surface area contributed by atoms with Crippen molar-refractivity contribution in [1.82, 2.24) is 4.90 Å². The maximum Gasteiger partial charge on any atom is 0.223 e. The van der Waals surface area contributed by atoms with E-state index in [1.807, 2.05) is 0 Å². The second-order valence-electron chi connectivity index (χ2n) is 2.69. The average molecular weight is 159 g/mol. The molecule has 1 fully saturated rings. The van der Waals surface area contributed by atoms with Crippen molar-refractivity contribution in [3.63, 3.8) is 0 Å². The van der Waals surface area contributed by atoms with Crippen LogP contribution in [0.15, 0.2) is 0 Å². The summed E-state index contributed by atoms with van der Waals surface area (Å²) in [7, 11) is 0. The Hall–Kier alpha value is -0.930. The van der Waals surface area contributed by atoms with Gasteiger partial charge in [-0.25, -0.2) is 0 Å². The largest absolute Gasteiger partial charge is 0.335 e. The van der Waals surface area contributed by atoms with Crippen LogP contribution >= 0.6 is 0 Å². The molecule has 1 atom stereocenters. The van der Waals surface area contributed by atoms with Gasteiger partial charge >= 0.3 is 0 Å². The van der Waals surface area contributed by atoms with Gasteiger partial charge < -0.3 is 9.69 Å². The Bertz CT molecular complexity index is 172. The summed E-state index contributed by atoms with van der Waals surface area (Å²) < 4.78 is 12.0. The summed E-state index contributed by atoms with van der Waals surface area (Å²) in [5.41, 5.74) is 0. The molecule has 4 heteroatoms. The number of nitrogens with zero attached hydrogens (tertiary/aromatic N) is 1. The Balaban J connectivity index is 2.44. The van der Waals surface area contributed by atoms with Crippen LogP contribution in [0.25, 0.3) is 0 Å². The molecule has 0 bridgehead atoms. The first-order valence-electron chi connectivity index (χ1n) is 3.55. The van der Waals surface area contributed by atoms with Crippen molar-refractivity contribution in [2.75, 3.05) is 19.8 Å². The van der Waals surface area contributed by atoms with Gasteiger partial charge in [-0.2, -0.15) is 0 Å². The van der Waals surface area contributed by atoms with E-state index >= 15 is 0 Å². The summed E-state index contributed by atoms with van der Waals surface area (Å²) in [6, 6.07) is 0. The molecule has 0 aromatic carbocycles. The highest BCUT2D eigenvalue weighted by Crippen LogP contribution is 2.16. The number of carbonyl (C=O) groups excluding carboxylic acids is 2. The van der Waals surface area contributed by atoms with Gasteiger partial charge in [0.05, 0.1) is 13.2 Å². The third-order valence-corrected chi connectivity index (χ3v) is 1.81. The fourth-order valence-electron chi connectivity index (χ4n) is 1.22. The summed E-state index contributed by atoms with van der Waals surface area (Å²) in [5.74, 6) is -0.304. The first-order valence-corrected chi connectivity index (χ1v) is 3.55. The lowest BCUT2D eigenvalue weighted by Crippen LogP contribution is -2.27. The average Bonchev–Trinajstić information content (AvgIpc) is 2.33. The van der Waals surface area contributed by atoms with Gasteiger partial charge in [0, 0.05) is 18.9 Å². The minimum atomic E-state index is -0.471. The fourth-order valence-corrected chi connectivity index (χ4v) is 1.22. The second kappa shape index (κ2) is 3.46. The zero-order chi connectivity index (χ0) is 8.27. The number of aldehydes is 1. The molecule has 62 valence electrons. The van der Waals surface area contributed by atoms with Crippen LogP contribution in [0.4, 0.5) is 4.39 Å². The van der Waals surface area contributed by atoms with Gasteiger partial charge in [-0.1, -0.05) is 0 Å². The van der Waals surface area contributed by atoms with Crippen LogP contribution in [-0.2, 0) is 9.59 Å². The SMILES string of the molecule is O=CCN1C[C@@H](CF)CC1=O. The summed E-state index contributed by atoms with van der Waals surface area (Å²) >= 11 is 0. The molecule has 1 heterocycles. The van der Waals surface area contributed by atoms with Crippen LogP contribution in [0.2, 0.25) is 0 Å². The van der Waals surface area contributed by atoms with E-state index in [2.05, 4.69) is 0 Å². The lowest BCUT2D eigenvalue weighted by atomic mass is 10.1. The molecule has 0 radical (unpaired) electrons. The molecule has 1 amide bonds. The van der Waals surface area contributed by atoms with Crippen molar-refractivity contribution in [3.8, 4) is 0 Å². The highest BCUT2D eigenvalue weighted by atomic mass is 19.1. The number of hydrogen-bond acceptors (Lipinski definition) is 2. The molecular weight excluding hydrogens is 149 g/mol. The van der Waals surface area contributed by atoms with Gasteiger partial charge in [0.25, 0.3) is 0 Å². The van der Waals surface area contributed by atoms with E-state index < -0.39 is 6.67 Å². The van der Waals surface area contributed by atoms with E-state index in [0.29, 0.717) is 12.8 Å². The van der Waals surface area contributed by atoms with E-state index in [4.69, 9.17) is 0 Å². The molecule has 0 aromatic rings. The molecule has 1 rings (SSSR count). The first-order chi connectivity index (χ1) is 5.27. The quantitative estimate of drug-likeness (QED) is 0.544. The van der Waals surface area contributed by atoms with Gasteiger partial charge in [0.2, 0.25) is 5.91 Å². The minimum Gasteiger partial charge on any atom is -0.335 e. The van der Waals surface area contributed by atoms with Crippen LogP contribution in [0.1, 0.15) is 6.42 Å². The number of halogens is 1. The number of alkyl halides is 1. The smallest absolute Gasteiger partial charge is 0.223 e. The Labute approximate surface area is 64.2 Å². The van der Waals surface area contributed by atoms with Gasteiger partial charge in [-0.15, -0.1) is 0 Å². The van der Waals surface area contributed by atoms with E-state index in [-0.39, 0.29) is 24.8 Å². The molecule has 1 saturated heterocycles. The van der Waals surface area contributed by atoms with E-state index in [0.717, 1.165) is 0 Å². The molecular formula is C7H10FNO2. The minimum absolute atomic E-state index is 0.106. The topological polar surface area (TPSA) is 37.4 Å². The van der Waals surface area contributed by atoms with Crippen LogP contribution in [0.3, 0.4) is 0 Å². The summed E-state index contributed by atoms with van der Waals surface area (Å²) in [6.07, 6.45) is 0.919. The van der Waals surface area contributed by atoms with Crippen molar-refractivity contribution in [2.24, 2.45) is 5.92 Å². The van der Waals surface area contributed by atoms with Crippen molar-refractivity contribution in [1.29, 1.82) is 0 Å². The number of rotatable bonds is 3. The molecule has 1 aliphatic heterocycles. The Morgan fingerprint density at radius 2 is 2.45 bits per heavy atom. The third kappa shape index (κ3) is 1.76. The highest BCUT2D eigenvalue weighted by Gasteiger charge is 2.28. The molecule has 3 nitrogen and oxygen atoms in total. The maximum atomic E-state index is 12.0. The Morgan fingerprint density at radius 1 is 1.73 bits per heavy atom. The van der Waals surface area contributed by atoms with Crippen molar-refractivity contribution >= 4 is 12.2 Å². The van der Waals surface area contributed by atoms with E-state index in [1.165, 1.54) is 4.90 Å². The predicted molar refractivity (Wildman–Crippen MR) is 36.7 cm³/mol. The first kappa shape index (κ1) is 8.17. The zero-order valence-corrected chi connectivity index (χ0v) is 6.12. The molecule has 0 aliphatic carbocycles. The fraction of sp³-hybridized carbons (Fsp3) is 0.714. The monoisotopic (exact) mass is 159 g/mol.